The summed E-state index contributed by atoms with van der Waals surface area (Å²) in [5.74, 6) is 0.954. The van der Waals surface area contributed by atoms with Gasteiger partial charge in [0.15, 0.2) is 11.6 Å². The lowest BCUT2D eigenvalue weighted by molar-refractivity contribution is 0.620. The van der Waals surface area contributed by atoms with Crippen molar-refractivity contribution in [1.29, 1.82) is 0 Å². The van der Waals surface area contributed by atoms with Crippen LogP contribution in [0.3, 0.4) is 0 Å². The molecule has 0 N–H and O–H groups in total. The van der Waals surface area contributed by atoms with Crippen molar-refractivity contribution in [2.24, 2.45) is 0 Å². The Morgan fingerprint density at radius 2 is 1.81 bits per heavy atom. The predicted octanol–water partition coefficient (Wildman–Crippen LogP) is 4.12. The van der Waals surface area contributed by atoms with Crippen molar-refractivity contribution in [1.82, 2.24) is 14.8 Å². The number of rotatable bonds is 3. The number of nitrogens with zero attached hydrogens (tertiary/aromatic N) is 3. The average Bonchev–Trinajstić information content (AvgIpc) is 2.94. The van der Waals surface area contributed by atoms with Gasteiger partial charge in [0.2, 0.25) is 0 Å². The van der Waals surface area contributed by atoms with Crippen LogP contribution in [0.15, 0.2) is 48.5 Å². The van der Waals surface area contributed by atoms with E-state index in [1.165, 1.54) is 0 Å². The first-order valence-corrected chi connectivity index (χ1v) is 7.07. The number of hydrogen-bond acceptors (Lipinski definition) is 2. The topological polar surface area (TPSA) is 30.7 Å². The standard InChI is InChI=1S/C16H13ClFN3/c1-11-6-5-9-13(15(11)18)16-20-19-14(10-17)21(16)12-7-3-2-4-8-12/h2-9H,10H2,1H3. The number of aryl methyl sites for hydroxylation is 1. The van der Waals surface area contributed by atoms with Gasteiger partial charge in [0.1, 0.15) is 5.82 Å². The van der Waals surface area contributed by atoms with Crippen LogP contribution in [0.25, 0.3) is 17.1 Å². The second-order valence-electron chi connectivity index (χ2n) is 4.68. The van der Waals surface area contributed by atoms with E-state index in [1.807, 2.05) is 30.3 Å². The summed E-state index contributed by atoms with van der Waals surface area (Å²) in [5, 5.41) is 8.20. The number of alkyl halides is 1. The van der Waals surface area contributed by atoms with E-state index >= 15 is 0 Å². The Kier molecular flexibility index (Phi) is 3.71. The van der Waals surface area contributed by atoms with Gasteiger partial charge in [0.25, 0.3) is 0 Å². The first-order valence-electron chi connectivity index (χ1n) is 6.53. The van der Waals surface area contributed by atoms with Crippen LogP contribution in [0, 0.1) is 12.7 Å². The fourth-order valence-electron chi connectivity index (χ4n) is 2.25. The lowest BCUT2D eigenvalue weighted by Crippen LogP contribution is -2.03. The zero-order valence-electron chi connectivity index (χ0n) is 11.4. The molecule has 21 heavy (non-hydrogen) atoms. The highest BCUT2D eigenvalue weighted by molar-refractivity contribution is 6.16. The van der Waals surface area contributed by atoms with Crippen molar-refractivity contribution < 1.29 is 4.39 Å². The Labute approximate surface area is 127 Å². The summed E-state index contributed by atoms with van der Waals surface area (Å²) < 4.78 is 16.2. The van der Waals surface area contributed by atoms with Crippen LogP contribution in [0.4, 0.5) is 4.39 Å². The van der Waals surface area contributed by atoms with E-state index in [-0.39, 0.29) is 11.7 Å². The van der Waals surface area contributed by atoms with E-state index in [0.717, 1.165) is 5.69 Å². The molecule has 3 nitrogen and oxygen atoms in total. The van der Waals surface area contributed by atoms with Gasteiger partial charge >= 0.3 is 0 Å². The molecule has 0 atom stereocenters. The second-order valence-corrected chi connectivity index (χ2v) is 4.95. The molecule has 3 rings (SSSR count). The van der Waals surface area contributed by atoms with Crippen LogP contribution in [-0.4, -0.2) is 14.8 Å². The molecule has 0 saturated carbocycles. The van der Waals surface area contributed by atoms with Crippen LogP contribution in [0.1, 0.15) is 11.4 Å². The number of hydrogen-bond donors (Lipinski definition) is 0. The van der Waals surface area contributed by atoms with Crippen molar-refractivity contribution in [2.45, 2.75) is 12.8 Å². The van der Waals surface area contributed by atoms with Crippen molar-refractivity contribution in [3.8, 4) is 17.1 Å². The maximum atomic E-state index is 14.4. The first kappa shape index (κ1) is 13.8. The number of benzene rings is 2. The molecule has 3 aromatic rings. The highest BCUT2D eigenvalue weighted by atomic mass is 35.5. The summed E-state index contributed by atoms with van der Waals surface area (Å²) in [6.07, 6.45) is 0. The second kappa shape index (κ2) is 5.66. The summed E-state index contributed by atoms with van der Waals surface area (Å²) in [6.45, 7) is 1.73. The third kappa shape index (κ3) is 2.43. The number of halogens is 2. The van der Waals surface area contributed by atoms with Crippen LogP contribution in [0.5, 0.6) is 0 Å². The van der Waals surface area contributed by atoms with Crippen molar-refractivity contribution in [2.75, 3.05) is 0 Å². The fraction of sp³-hybridized carbons (Fsp3) is 0.125. The van der Waals surface area contributed by atoms with Gasteiger partial charge in [-0.25, -0.2) is 4.39 Å². The Bertz CT molecular complexity index is 768. The van der Waals surface area contributed by atoms with Gasteiger partial charge in [-0.05, 0) is 30.7 Å². The fourth-order valence-corrected chi connectivity index (χ4v) is 2.42. The largest absolute Gasteiger partial charge is 0.278 e. The predicted molar refractivity (Wildman–Crippen MR) is 81.0 cm³/mol. The van der Waals surface area contributed by atoms with E-state index in [9.17, 15) is 4.39 Å². The van der Waals surface area contributed by atoms with Gasteiger partial charge in [-0.15, -0.1) is 21.8 Å². The molecule has 0 saturated heterocycles. The van der Waals surface area contributed by atoms with Gasteiger partial charge < -0.3 is 0 Å². The molecular weight excluding hydrogens is 289 g/mol. The Hall–Kier alpha value is -2.20. The van der Waals surface area contributed by atoms with E-state index in [1.54, 1.807) is 29.7 Å². The molecule has 0 aliphatic carbocycles. The molecule has 2 aromatic carbocycles. The summed E-state index contributed by atoms with van der Waals surface area (Å²) in [6, 6.07) is 14.8. The molecule has 5 heteroatoms. The minimum Gasteiger partial charge on any atom is -0.278 e. The third-order valence-electron chi connectivity index (χ3n) is 3.30. The molecular formula is C16H13ClFN3. The molecule has 0 bridgehead atoms. The van der Waals surface area contributed by atoms with Gasteiger partial charge in [-0.2, -0.15) is 0 Å². The van der Waals surface area contributed by atoms with Gasteiger partial charge in [-0.3, -0.25) is 4.57 Å². The summed E-state index contributed by atoms with van der Waals surface area (Å²) in [7, 11) is 0. The molecule has 0 fully saturated rings. The normalized spacial score (nSPS) is 10.8. The SMILES string of the molecule is Cc1cccc(-c2nnc(CCl)n2-c2ccccc2)c1F. The Morgan fingerprint density at radius 3 is 2.52 bits per heavy atom. The maximum absolute atomic E-state index is 14.4. The summed E-state index contributed by atoms with van der Waals surface area (Å²) >= 11 is 5.94. The van der Waals surface area contributed by atoms with Gasteiger partial charge in [-0.1, -0.05) is 30.3 Å². The van der Waals surface area contributed by atoms with Crippen LogP contribution >= 0.6 is 11.6 Å². The first-order chi connectivity index (χ1) is 10.2. The molecule has 1 aromatic heterocycles. The van der Waals surface area contributed by atoms with Crippen LogP contribution < -0.4 is 0 Å². The summed E-state index contributed by atoms with van der Waals surface area (Å²) in [4.78, 5) is 0. The quantitative estimate of drug-likeness (QED) is 0.681. The molecule has 0 aliphatic heterocycles. The van der Waals surface area contributed by atoms with Crippen molar-refractivity contribution in [3.05, 3.63) is 65.7 Å². The molecule has 0 aliphatic rings. The van der Waals surface area contributed by atoms with E-state index in [4.69, 9.17) is 11.6 Å². The minimum atomic E-state index is -0.289. The van der Waals surface area contributed by atoms with Gasteiger partial charge in [0, 0.05) is 5.69 Å². The maximum Gasteiger partial charge on any atom is 0.171 e. The van der Waals surface area contributed by atoms with Crippen molar-refractivity contribution in [3.63, 3.8) is 0 Å². The smallest absolute Gasteiger partial charge is 0.171 e. The third-order valence-corrected chi connectivity index (χ3v) is 3.54. The van der Waals surface area contributed by atoms with E-state index < -0.39 is 0 Å². The lowest BCUT2D eigenvalue weighted by Gasteiger charge is -2.10. The lowest BCUT2D eigenvalue weighted by atomic mass is 10.1. The molecule has 0 unspecified atom stereocenters. The zero-order chi connectivity index (χ0) is 14.8. The van der Waals surface area contributed by atoms with Gasteiger partial charge in [0.05, 0.1) is 11.4 Å². The van der Waals surface area contributed by atoms with Crippen molar-refractivity contribution >= 4 is 11.6 Å². The summed E-state index contributed by atoms with van der Waals surface area (Å²) in [5.41, 5.74) is 1.85. The molecule has 1 heterocycles. The van der Waals surface area contributed by atoms with Crippen LogP contribution in [0.2, 0.25) is 0 Å². The molecule has 0 radical (unpaired) electrons. The number of para-hydroxylation sites is 1. The molecule has 0 spiro atoms. The Balaban J connectivity index is 2.25. The average molecular weight is 302 g/mol. The monoisotopic (exact) mass is 301 g/mol. The Morgan fingerprint density at radius 1 is 1.05 bits per heavy atom. The zero-order valence-corrected chi connectivity index (χ0v) is 12.2. The van der Waals surface area contributed by atoms with E-state index in [0.29, 0.717) is 22.8 Å². The van der Waals surface area contributed by atoms with Crippen LogP contribution in [-0.2, 0) is 5.88 Å². The minimum absolute atomic E-state index is 0.204. The molecule has 0 amide bonds. The highest BCUT2D eigenvalue weighted by Crippen LogP contribution is 2.27. The van der Waals surface area contributed by atoms with E-state index in [2.05, 4.69) is 10.2 Å². The molecule has 106 valence electrons. The number of aromatic nitrogens is 3. The highest BCUT2D eigenvalue weighted by Gasteiger charge is 2.18.